The molecule has 1 aliphatic heterocycles. The van der Waals surface area contributed by atoms with E-state index in [1.54, 1.807) is 20.8 Å². The van der Waals surface area contributed by atoms with Gasteiger partial charge in [-0.3, -0.25) is 4.79 Å². The highest BCUT2D eigenvalue weighted by atomic mass is 16.7. The largest absolute Gasteiger partial charge is 0.349 e. The van der Waals surface area contributed by atoms with Gasteiger partial charge in [0.15, 0.2) is 5.79 Å². The van der Waals surface area contributed by atoms with Gasteiger partial charge >= 0.3 is 0 Å². The quantitative estimate of drug-likeness (QED) is 0.576. The summed E-state index contributed by atoms with van der Waals surface area (Å²) in [6.45, 7) is 5.46. The van der Waals surface area contributed by atoms with Crippen LogP contribution in [0.5, 0.6) is 0 Å². The Morgan fingerprint density at radius 1 is 1.23 bits per heavy atom. The molecular weight excluding hydrogens is 174 g/mol. The van der Waals surface area contributed by atoms with Gasteiger partial charge in [-0.2, -0.15) is 0 Å². The molecule has 0 aromatic rings. The van der Waals surface area contributed by atoms with Gasteiger partial charge in [-0.25, -0.2) is 0 Å². The second kappa shape index (κ2) is 3.16. The van der Waals surface area contributed by atoms with Crippen molar-refractivity contribution in [1.29, 1.82) is 0 Å². The fourth-order valence-electron chi connectivity index (χ4n) is 0.983. The van der Waals surface area contributed by atoms with Gasteiger partial charge < -0.3 is 9.47 Å². The van der Waals surface area contributed by atoms with Gasteiger partial charge in [0, 0.05) is 5.18 Å². The third-order valence-electron chi connectivity index (χ3n) is 2.08. The van der Waals surface area contributed by atoms with E-state index in [4.69, 9.17) is 9.47 Å². The lowest BCUT2D eigenvalue weighted by atomic mass is 9.91. The molecule has 13 heavy (non-hydrogen) atoms. The van der Waals surface area contributed by atoms with Gasteiger partial charge in [0.25, 0.3) is 5.91 Å². The molecule has 0 spiro atoms. The lowest BCUT2D eigenvalue weighted by molar-refractivity contribution is -0.276. The van der Waals surface area contributed by atoms with Crippen molar-refractivity contribution in [3.05, 3.63) is 4.91 Å². The third kappa shape index (κ3) is 2.10. The van der Waals surface area contributed by atoms with E-state index in [1.165, 1.54) is 0 Å². The maximum Gasteiger partial charge on any atom is 0.296 e. The normalized spacial score (nSPS) is 25.2. The summed E-state index contributed by atoms with van der Waals surface area (Å²) >= 11 is 0. The van der Waals surface area contributed by atoms with E-state index < -0.39 is 17.1 Å². The molecule has 0 aliphatic carbocycles. The second-order valence-corrected chi connectivity index (χ2v) is 3.93. The standard InChI is InChI=1S/C8H13NO4/c1-7(2)12-4-8(3,5-13-7)6(10)9-11/h4-5H2,1-3H3. The van der Waals surface area contributed by atoms with Crippen molar-refractivity contribution in [3.8, 4) is 0 Å². The van der Waals surface area contributed by atoms with Crippen molar-refractivity contribution in [3.63, 3.8) is 0 Å². The van der Waals surface area contributed by atoms with Crippen molar-refractivity contribution >= 4 is 5.91 Å². The summed E-state index contributed by atoms with van der Waals surface area (Å²) in [6.07, 6.45) is 0. The van der Waals surface area contributed by atoms with Crippen LogP contribution in [0.25, 0.3) is 0 Å². The zero-order valence-electron chi connectivity index (χ0n) is 7.99. The van der Waals surface area contributed by atoms with Crippen LogP contribution >= 0.6 is 0 Å². The first-order valence-electron chi connectivity index (χ1n) is 4.05. The minimum atomic E-state index is -0.919. The van der Waals surface area contributed by atoms with Crippen molar-refractivity contribution < 1.29 is 14.3 Å². The van der Waals surface area contributed by atoms with Crippen LogP contribution in [0.1, 0.15) is 20.8 Å². The molecule has 1 fully saturated rings. The van der Waals surface area contributed by atoms with Crippen LogP contribution < -0.4 is 0 Å². The maximum absolute atomic E-state index is 11.1. The van der Waals surface area contributed by atoms with Crippen LogP contribution in [0.15, 0.2) is 5.18 Å². The van der Waals surface area contributed by atoms with Crippen LogP contribution in [-0.4, -0.2) is 24.9 Å². The Hall–Kier alpha value is -0.810. The predicted molar refractivity (Wildman–Crippen MR) is 44.9 cm³/mol. The summed E-state index contributed by atoms with van der Waals surface area (Å²) < 4.78 is 10.5. The van der Waals surface area contributed by atoms with E-state index in [2.05, 4.69) is 5.18 Å². The fraction of sp³-hybridized carbons (Fsp3) is 0.875. The number of hydrogen-bond acceptors (Lipinski definition) is 4. The van der Waals surface area contributed by atoms with Crippen LogP contribution in [0, 0.1) is 10.3 Å². The van der Waals surface area contributed by atoms with E-state index in [0.717, 1.165) is 0 Å². The van der Waals surface area contributed by atoms with Crippen molar-refractivity contribution in [2.75, 3.05) is 13.2 Å². The van der Waals surface area contributed by atoms with E-state index in [-0.39, 0.29) is 13.2 Å². The average molecular weight is 187 g/mol. The Morgan fingerprint density at radius 2 is 1.69 bits per heavy atom. The zero-order valence-corrected chi connectivity index (χ0v) is 7.99. The molecule has 5 nitrogen and oxygen atoms in total. The molecule has 0 atom stereocenters. The van der Waals surface area contributed by atoms with Crippen LogP contribution in [-0.2, 0) is 14.3 Å². The first-order valence-corrected chi connectivity index (χ1v) is 4.05. The van der Waals surface area contributed by atoms with Crippen molar-refractivity contribution in [2.45, 2.75) is 26.6 Å². The summed E-state index contributed by atoms with van der Waals surface area (Å²) in [7, 11) is 0. The number of rotatable bonds is 1. The van der Waals surface area contributed by atoms with Gasteiger partial charge in [-0.15, -0.1) is 4.91 Å². The number of hydrogen-bond donors (Lipinski definition) is 0. The molecular formula is C8H13NO4. The highest BCUT2D eigenvalue weighted by Crippen LogP contribution is 2.30. The van der Waals surface area contributed by atoms with E-state index in [0.29, 0.717) is 0 Å². The third-order valence-corrected chi connectivity index (χ3v) is 2.08. The van der Waals surface area contributed by atoms with E-state index in [9.17, 15) is 9.70 Å². The number of carbonyl (C=O) groups is 1. The topological polar surface area (TPSA) is 65.0 Å². The number of ether oxygens (including phenoxy) is 2. The first kappa shape index (κ1) is 10.3. The Morgan fingerprint density at radius 3 is 2.08 bits per heavy atom. The molecule has 1 saturated heterocycles. The summed E-state index contributed by atoms with van der Waals surface area (Å²) in [5, 5.41) is 2.38. The molecule has 1 amide bonds. The molecule has 1 heterocycles. The smallest absolute Gasteiger partial charge is 0.296 e. The number of nitrogens with zero attached hydrogens (tertiary/aromatic N) is 1. The zero-order chi connectivity index (χ0) is 10.1. The second-order valence-electron chi connectivity index (χ2n) is 3.93. The van der Waals surface area contributed by atoms with Gasteiger partial charge in [0.05, 0.1) is 18.6 Å². The number of carbonyl (C=O) groups excluding carboxylic acids is 1. The molecule has 0 bridgehead atoms. The van der Waals surface area contributed by atoms with Crippen molar-refractivity contribution in [2.24, 2.45) is 10.6 Å². The molecule has 74 valence electrons. The minimum absolute atomic E-state index is 0.171. The Labute approximate surface area is 76.4 Å². The predicted octanol–water partition coefficient (Wildman–Crippen LogP) is 1.07. The van der Waals surface area contributed by atoms with Gasteiger partial charge in [-0.1, -0.05) is 0 Å². The Kier molecular flexibility index (Phi) is 2.49. The molecule has 0 aromatic carbocycles. The monoisotopic (exact) mass is 187 g/mol. The summed E-state index contributed by atoms with van der Waals surface area (Å²) in [5.41, 5.74) is -0.919. The maximum atomic E-state index is 11.1. The molecule has 5 heteroatoms. The minimum Gasteiger partial charge on any atom is -0.349 e. The lowest BCUT2D eigenvalue weighted by Gasteiger charge is -2.38. The molecule has 0 radical (unpaired) electrons. The summed E-state index contributed by atoms with van der Waals surface area (Å²) in [4.78, 5) is 21.1. The molecule has 1 aliphatic rings. The molecule has 0 saturated carbocycles. The summed E-state index contributed by atoms with van der Waals surface area (Å²) in [5.74, 6) is -1.40. The van der Waals surface area contributed by atoms with E-state index >= 15 is 0 Å². The number of amides is 1. The first-order chi connectivity index (χ1) is 5.90. The molecule has 0 aromatic heterocycles. The average Bonchev–Trinajstić information content (AvgIpc) is 2.09. The van der Waals surface area contributed by atoms with Crippen LogP contribution in [0.4, 0.5) is 0 Å². The SMILES string of the molecule is CC1(C)OCC(C)(C(=O)N=O)CO1. The highest BCUT2D eigenvalue weighted by molar-refractivity contribution is 5.83. The van der Waals surface area contributed by atoms with Crippen molar-refractivity contribution in [1.82, 2.24) is 0 Å². The van der Waals surface area contributed by atoms with Crippen LogP contribution in [0.3, 0.4) is 0 Å². The molecule has 0 unspecified atom stereocenters. The highest BCUT2D eigenvalue weighted by Gasteiger charge is 2.42. The summed E-state index contributed by atoms with van der Waals surface area (Å²) in [6, 6.07) is 0. The molecule has 0 N–H and O–H groups in total. The Bertz CT molecular complexity index is 226. The fourth-order valence-corrected chi connectivity index (χ4v) is 0.983. The molecule has 1 rings (SSSR count). The van der Waals surface area contributed by atoms with Crippen LogP contribution in [0.2, 0.25) is 0 Å². The van der Waals surface area contributed by atoms with Gasteiger partial charge in [0.1, 0.15) is 0 Å². The van der Waals surface area contributed by atoms with Gasteiger partial charge in [0.2, 0.25) is 0 Å². The van der Waals surface area contributed by atoms with E-state index in [1.807, 2.05) is 0 Å². The Balaban J connectivity index is 2.66. The van der Waals surface area contributed by atoms with Gasteiger partial charge in [-0.05, 0) is 20.8 Å². The number of nitroso groups, excluding NO2 is 1. The lowest BCUT2D eigenvalue weighted by Crippen LogP contribution is -2.48.